The van der Waals surface area contributed by atoms with Gasteiger partial charge < -0.3 is 15.3 Å². The van der Waals surface area contributed by atoms with Gasteiger partial charge in [-0.2, -0.15) is 5.10 Å². The average molecular weight is 370 g/mol. The Kier molecular flexibility index (Phi) is 5.48. The molecule has 7 heteroatoms. The number of urea groups is 1. The molecule has 27 heavy (non-hydrogen) atoms. The molecule has 2 amide bonds. The largest absolute Gasteiger partial charge is 0.481 e. The summed E-state index contributed by atoms with van der Waals surface area (Å²) in [4.78, 5) is 25.4. The number of carbonyl (C=O) groups is 2. The Morgan fingerprint density at radius 1 is 1.19 bits per heavy atom. The van der Waals surface area contributed by atoms with Crippen LogP contribution >= 0.6 is 0 Å². The zero-order valence-corrected chi connectivity index (χ0v) is 16.0. The van der Waals surface area contributed by atoms with Gasteiger partial charge in [0.1, 0.15) is 0 Å². The Balaban J connectivity index is 1.76. The molecule has 3 rings (SSSR count). The summed E-state index contributed by atoms with van der Waals surface area (Å²) < 4.78 is 1.86. The van der Waals surface area contributed by atoms with Crippen molar-refractivity contribution in [2.24, 2.45) is 5.92 Å². The lowest BCUT2D eigenvalue weighted by Gasteiger charge is -2.30. The number of aryl methyl sites for hydroxylation is 1. The van der Waals surface area contributed by atoms with Crippen molar-refractivity contribution in [2.45, 2.75) is 39.5 Å². The second-order valence-corrected chi connectivity index (χ2v) is 7.38. The molecule has 1 saturated heterocycles. The Bertz CT molecular complexity index is 818. The number of carboxylic acid groups (broad SMARTS) is 1. The summed E-state index contributed by atoms with van der Waals surface area (Å²) in [7, 11) is 0. The predicted octanol–water partition coefficient (Wildman–Crippen LogP) is 3.63. The minimum Gasteiger partial charge on any atom is -0.481 e. The van der Waals surface area contributed by atoms with Crippen molar-refractivity contribution in [2.75, 3.05) is 18.4 Å². The molecule has 0 spiro atoms. The number of likely N-dealkylation sites (tertiary alicyclic amines) is 1. The molecule has 2 heterocycles. The highest BCUT2D eigenvalue weighted by Crippen LogP contribution is 2.28. The van der Waals surface area contributed by atoms with E-state index in [1.54, 1.807) is 11.1 Å². The summed E-state index contributed by atoms with van der Waals surface area (Å²) >= 11 is 0. The molecule has 0 bridgehead atoms. The summed E-state index contributed by atoms with van der Waals surface area (Å²) in [5, 5.41) is 16.5. The lowest BCUT2D eigenvalue weighted by atomic mass is 9.97. The molecule has 2 N–H and O–H groups in total. The topological polar surface area (TPSA) is 87.5 Å². The molecule has 7 nitrogen and oxygen atoms in total. The monoisotopic (exact) mass is 370 g/mol. The summed E-state index contributed by atoms with van der Waals surface area (Å²) in [6.07, 6.45) is 2.65. The van der Waals surface area contributed by atoms with E-state index in [1.807, 2.05) is 35.9 Å². The number of nitrogens with one attached hydrogen (secondary N) is 1. The number of nitrogens with zero attached hydrogens (tertiary/aromatic N) is 3. The van der Waals surface area contributed by atoms with Gasteiger partial charge in [0.05, 0.1) is 29.2 Å². The van der Waals surface area contributed by atoms with Crippen LogP contribution < -0.4 is 5.32 Å². The van der Waals surface area contributed by atoms with E-state index in [2.05, 4.69) is 24.3 Å². The lowest BCUT2D eigenvalue weighted by Crippen LogP contribution is -2.42. The Morgan fingerprint density at radius 2 is 1.81 bits per heavy atom. The van der Waals surface area contributed by atoms with E-state index in [9.17, 15) is 9.59 Å². The van der Waals surface area contributed by atoms with Crippen molar-refractivity contribution in [3.05, 3.63) is 41.7 Å². The quantitative estimate of drug-likeness (QED) is 0.860. The minimum atomic E-state index is -0.781. The molecule has 0 atom stereocenters. The molecule has 0 radical (unpaired) electrons. The van der Waals surface area contributed by atoms with Crippen LogP contribution in [0.25, 0.3) is 5.69 Å². The van der Waals surface area contributed by atoms with Crippen LogP contribution in [0.2, 0.25) is 0 Å². The molecule has 0 saturated carbocycles. The first-order valence-corrected chi connectivity index (χ1v) is 9.30. The first kappa shape index (κ1) is 18.9. The first-order valence-electron chi connectivity index (χ1n) is 9.30. The van der Waals surface area contributed by atoms with Gasteiger partial charge in [-0.25, -0.2) is 9.48 Å². The highest BCUT2D eigenvalue weighted by Gasteiger charge is 2.28. The first-order chi connectivity index (χ1) is 12.9. The number of rotatable bonds is 4. The SMILES string of the molecule is Cc1ccc(-n2ncc(NC(=O)N3CCC(C(=O)O)CC3)c2C(C)C)cc1. The molecule has 2 aromatic rings. The number of carbonyl (C=O) groups excluding carboxylic acids is 1. The van der Waals surface area contributed by atoms with Crippen LogP contribution in [0.15, 0.2) is 30.5 Å². The predicted molar refractivity (Wildman–Crippen MR) is 103 cm³/mol. The maximum Gasteiger partial charge on any atom is 0.321 e. The van der Waals surface area contributed by atoms with Crippen molar-refractivity contribution in [1.82, 2.24) is 14.7 Å². The number of piperidine rings is 1. The zero-order chi connectivity index (χ0) is 19.6. The molecule has 0 aliphatic carbocycles. The number of amides is 2. The Labute approximate surface area is 159 Å². The fraction of sp³-hybridized carbons (Fsp3) is 0.450. The number of hydrogen-bond acceptors (Lipinski definition) is 3. The third kappa shape index (κ3) is 4.13. The summed E-state index contributed by atoms with van der Waals surface area (Å²) in [6.45, 7) is 7.07. The van der Waals surface area contributed by atoms with Gasteiger partial charge in [-0.15, -0.1) is 0 Å². The van der Waals surface area contributed by atoms with Gasteiger partial charge in [-0.3, -0.25) is 4.79 Å². The van der Waals surface area contributed by atoms with Gasteiger partial charge in [0.25, 0.3) is 0 Å². The van der Waals surface area contributed by atoms with E-state index < -0.39 is 5.97 Å². The number of aromatic nitrogens is 2. The van der Waals surface area contributed by atoms with Crippen LogP contribution in [-0.2, 0) is 4.79 Å². The molecule has 0 unspecified atom stereocenters. The standard InChI is InChI=1S/C20H26N4O3/c1-13(2)18-17(12-21-24(18)16-6-4-14(3)5-7-16)22-20(27)23-10-8-15(9-11-23)19(25)26/h4-7,12-13,15H,8-11H2,1-3H3,(H,22,27)(H,25,26). The Hall–Kier alpha value is -2.83. The number of hydrogen-bond donors (Lipinski definition) is 2. The highest BCUT2D eigenvalue weighted by atomic mass is 16.4. The summed E-state index contributed by atoms with van der Waals surface area (Å²) in [5.41, 5.74) is 3.76. The van der Waals surface area contributed by atoms with E-state index in [0.29, 0.717) is 31.6 Å². The molecular weight excluding hydrogens is 344 g/mol. The van der Waals surface area contributed by atoms with Crippen molar-refractivity contribution >= 4 is 17.7 Å². The van der Waals surface area contributed by atoms with Gasteiger partial charge in [0, 0.05) is 13.1 Å². The van der Waals surface area contributed by atoms with E-state index in [4.69, 9.17) is 5.11 Å². The second kappa shape index (κ2) is 7.82. The van der Waals surface area contributed by atoms with Gasteiger partial charge in [0.15, 0.2) is 0 Å². The van der Waals surface area contributed by atoms with E-state index in [1.165, 1.54) is 5.56 Å². The molecular formula is C20H26N4O3. The maximum atomic E-state index is 12.6. The zero-order valence-electron chi connectivity index (χ0n) is 16.0. The fourth-order valence-electron chi connectivity index (χ4n) is 3.43. The van der Waals surface area contributed by atoms with E-state index in [-0.39, 0.29) is 17.9 Å². The number of anilines is 1. The molecule has 1 fully saturated rings. The number of aliphatic carboxylic acids is 1. The van der Waals surface area contributed by atoms with Crippen LogP contribution in [0.5, 0.6) is 0 Å². The van der Waals surface area contributed by atoms with Crippen molar-refractivity contribution in [3.63, 3.8) is 0 Å². The van der Waals surface area contributed by atoms with Crippen LogP contribution in [-0.4, -0.2) is 44.9 Å². The molecule has 1 aliphatic heterocycles. The lowest BCUT2D eigenvalue weighted by molar-refractivity contribution is -0.143. The van der Waals surface area contributed by atoms with Gasteiger partial charge in [-0.05, 0) is 37.8 Å². The van der Waals surface area contributed by atoms with Gasteiger partial charge >= 0.3 is 12.0 Å². The summed E-state index contributed by atoms with van der Waals surface area (Å²) in [6, 6.07) is 7.88. The highest BCUT2D eigenvalue weighted by molar-refractivity contribution is 5.90. The average Bonchev–Trinajstić information content (AvgIpc) is 3.06. The minimum absolute atomic E-state index is 0.168. The molecule has 144 valence electrons. The molecule has 1 aromatic carbocycles. The van der Waals surface area contributed by atoms with Gasteiger partial charge in [-0.1, -0.05) is 31.5 Å². The van der Waals surface area contributed by atoms with E-state index in [0.717, 1.165) is 11.4 Å². The van der Waals surface area contributed by atoms with Gasteiger partial charge in [0.2, 0.25) is 0 Å². The second-order valence-electron chi connectivity index (χ2n) is 7.38. The van der Waals surface area contributed by atoms with Crippen LogP contribution in [0.1, 0.15) is 43.9 Å². The van der Waals surface area contributed by atoms with Crippen LogP contribution in [0, 0.1) is 12.8 Å². The summed E-state index contributed by atoms with van der Waals surface area (Å²) in [5.74, 6) is -0.970. The van der Waals surface area contributed by atoms with E-state index >= 15 is 0 Å². The number of benzene rings is 1. The normalized spacial score (nSPS) is 15.2. The van der Waals surface area contributed by atoms with Crippen molar-refractivity contribution in [1.29, 1.82) is 0 Å². The maximum absolute atomic E-state index is 12.6. The van der Waals surface area contributed by atoms with Crippen LogP contribution in [0.4, 0.5) is 10.5 Å². The number of carboxylic acids is 1. The van der Waals surface area contributed by atoms with Crippen LogP contribution in [0.3, 0.4) is 0 Å². The van der Waals surface area contributed by atoms with Crippen molar-refractivity contribution in [3.8, 4) is 5.69 Å². The molecule has 1 aromatic heterocycles. The third-order valence-corrected chi connectivity index (χ3v) is 5.00. The fourth-order valence-corrected chi connectivity index (χ4v) is 3.43. The van der Waals surface area contributed by atoms with Crippen molar-refractivity contribution < 1.29 is 14.7 Å². The smallest absolute Gasteiger partial charge is 0.321 e. The third-order valence-electron chi connectivity index (χ3n) is 5.00. The Morgan fingerprint density at radius 3 is 2.37 bits per heavy atom. The molecule has 1 aliphatic rings.